The van der Waals surface area contributed by atoms with Gasteiger partial charge in [-0.2, -0.15) is 4.98 Å². The van der Waals surface area contributed by atoms with E-state index in [1.165, 1.54) is 0 Å². The van der Waals surface area contributed by atoms with E-state index in [4.69, 9.17) is 9.47 Å². The Bertz CT molecular complexity index is 654. The van der Waals surface area contributed by atoms with Crippen molar-refractivity contribution >= 4 is 11.5 Å². The first-order valence-corrected chi connectivity index (χ1v) is 7.63. The van der Waals surface area contributed by atoms with Crippen LogP contribution in [0.25, 0.3) is 0 Å². The van der Waals surface area contributed by atoms with Crippen LogP contribution in [0.2, 0.25) is 0 Å². The van der Waals surface area contributed by atoms with Gasteiger partial charge in [-0.1, -0.05) is 6.92 Å². The molecule has 1 N–H and O–H groups in total. The maximum Gasteiger partial charge on any atom is 0.221 e. The summed E-state index contributed by atoms with van der Waals surface area (Å²) >= 11 is 0. The fourth-order valence-electron chi connectivity index (χ4n) is 2.22. The molecule has 23 heavy (non-hydrogen) atoms. The molecule has 0 aliphatic rings. The van der Waals surface area contributed by atoms with E-state index in [0.717, 1.165) is 23.2 Å². The first-order valence-electron chi connectivity index (χ1n) is 7.63. The molecule has 0 radical (unpaired) electrons. The van der Waals surface area contributed by atoms with E-state index in [1.807, 2.05) is 37.3 Å². The molecule has 0 aliphatic heterocycles. The fourth-order valence-corrected chi connectivity index (χ4v) is 2.22. The molecule has 1 aromatic heterocycles. The average molecular weight is 314 g/mol. The highest BCUT2D eigenvalue weighted by molar-refractivity contribution is 5.96. The molecule has 0 saturated carbocycles. The monoisotopic (exact) mass is 314 g/mol. The molecule has 5 nitrogen and oxygen atoms in total. The van der Waals surface area contributed by atoms with E-state index in [9.17, 15) is 4.79 Å². The SMILES string of the molecule is CCCC(=O)c1ccc(NCc2ccc(OC)nc2OC)cc1. The van der Waals surface area contributed by atoms with E-state index in [-0.39, 0.29) is 5.78 Å². The minimum absolute atomic E-state index is 0.181. The van der Waals surface area contributed by atoms with Crippen LogP contribution in [-0.2, 0) is 6.54 Å². The lowest BCUT2D eigenvalue weighted by molar-refractivity contribution is 0.0982. The zero-order chi connectivity index (χ0) is 16.7. The molecule has 0 bridgehead atoms. The average Bonchev–Trinajstić information content (AvgIpc) is 2.60. The molecule has 0 saturated heterocycles. The normalized spacial score (nSPS) is 10.2. The Kier molecular flexibility index (Phi) is 5.97. The van der Waals surface area contributed by atoms with Crippen LogP contribution in [0.15, 0.2) is 36.4 Å². The second-order valence-corrected chi connectivity index (χ2v) is 5.13. The molecular weight excluding hydrogens is 292 g/mol. The first-order chi connectivity index (χ1) is 11.2. The third-order valence-electron chi connectivity index (χ3n) is 3.48. The van der Waals surface area contributed by atoms with Crippen LogP contribution in [0.3, 0.4) is 0 Å². The van der Waals surface area contributed by atoms with E-state index < -0.39 is 0 Å². The van der Waals surface area contributed by atoms with Gasteiger partial charge in [0, 0.05) is 35.8 Å². The first kappa shape index (κ1) is 16.8. The number of anilines is 1. The lowest BCUT2D eigenvalue weighted by atomic mass is 10.1. The Morgan fingerprint density at radius 1 is 1.09 bits per heavy atom. The van der Waals surface area contributed by atoms with Crippen molar-refractivity contribution in [1.82, 2.24) is 4.98 Å². The minimum Gasteiger partial charge on any atom is -0.481 e. The molecule has 122 valence electrons. The second kappa shape index (κ2) is 8.17. The van der Waals surface area contributed by atoms with Crippen molar-refractivity contribution in [2.45, 2.75) is 26.3 Å². The van der Waals surface area contributed by atoms with Gasteiger partial charge in [-0.05, 0) is 36.8 Å². The van der Waals surface area contributed by atoms with Gasteiger partial charge in [0.25, 0.3) is 0 Å². The number of ether oxygens (including phenoxy) is 2. The van der Waals surface area contributed by atoms with Gasteiger partial charge in [-0.15, -0.1) is 0 Å². The highest BCUT2D eigenvalue weighted by atomic mass is 16.5. The summed E-state index contributed by atoms with van der Waals surface area (Å²) in [6.07, 6.45) is 1.45. The Labute approximate surface area is 136 Å². The molecule has 1 aromatic carbocycles. The van der Waals surface area contributed by atoms with Gasteiger partial charge in [-0.25, -0.2) is 0 Å². The highest BCUT2D eigenvalue weighted by Gasteiger charge is 2.07. The summed E-state index contributed by atoms with van der Waals surface area (Å²) in [6, 6.07) is 11.2. The highest BCUT2D eigenvalue weighted by Crippen LogP contribution is 2.21. The van der Waals surface area contributed by atoms with Crippen molar-refractivity contribution in [1.29, 1.82) is 0 Å². The van der Waals surface area contributed by atoms with Crippen molar-refractivity contribution in [3.8, 4) is 11.8 Å². The predicted molar refractivity (Wildman–Crippen MR) is 90.3 cm³/mol. The molecule has 0 amide bonds. The summed E-state index contributed by atoms with van der Waals surface area (Å²) in [5.41, 5.74) is 2.62. The van der Waals surface area contributed by atoms with Crippen LogP contribution in [0.5, 0.6) is 11.8 Å². The summed E-state index contributed by atoms with van der Waals surface area (Å²) < 4.78 is 10.4. The molecule has 2 rings (SSSR count). The number of nitrogens with zero attached hydrogens (tertiary/aromatic N) is 1. The molecule has 2 aromatic rings. The number of ketones is 1. The van der Waals surface area contributed by atoms with Gasteiger partial charge in [0.2, 0.25) is 11.8 Å². The zero-order valence-electron chi connectivity index (χ0n) is 13.8. The molecule has 0 fully saturated rings. The Morgan fingerprint density at radius 3 is 2.43 bits per heavy atom. The van der Waals surface area contributed by atoms with Crippen molar-refractivity contribution in [3.05, 3.63) is 47.5 Å². The Hall–Kier alpha value is -2.56. The number of hydrogen-bond acceptors (Lipinski definition) is 5. The topological polar surface area (TPSA) is 60.5 Å². The van der Waals surface area contributed by atoms with Gasteiger partial charge in [0.1, 0.15) is 0 Å². The molecule has 5 heteroatoms. The standard InChI is InChI=1S/C18H22N2O3/c1-4-5-16(21)13-6-9-15(10-7-13)19-12-14-8-11-17(22-2)20-18(14)23-3/h6-11,19H,4-5,12H2,1-3H3. The summed E-state index contributed by atoms with van der Waals surface area (Å²) in [7, 11) is 3.15. The van der Waals surface area contributed by atoms with Crippen molar-refractivity contribution in [2.75, 3.05) is 19.5 Å². The third kappa shape index (κ3) is 4.45. The van der Waals surface area contributed by atoms with Crippen LogP contribution in [0.4, 0.5) is 5.69 Å². The number of aromatic nitrogens is 1. The van der Waals surface area contributed by atoms with Crippen molar-refractivity contribution in [3.63, 3.8) is 0 Å². The largest absolute Gasteiger partial charge is 0.481 e. The Morgan fingerprint density at radius 2 is 1.83 bits per heavy atom. The quantitative estimate of drug-likeness (QED) is 0.753. The third-order valence-corrected chi connectivity index (χ3v) is 3.48. The lowest BCUT2D eigenvalue weighted by Crippen LogP contribution is -2.04. The Balaban J connectivity index is 2.02. The zero-order valence-corrected chi connectivity index (χ0v) is 13.8. The van der Waals surface area contributed by atoms with Crippen molar-refractivity contribution < 1.29 is 14.3 Å². The molecule has 0 aliphatic carbocycles. The number of nitrogens with one attached hydrogen (secondary N) is 1. The lowest BCUT2D eigenvalue weighted by Gasteiger charge is -2.11. The van der Waals surface area contributed by atoms with Gasteiger partial charge >= 0.3 is 0 Å². The van der Waals surface area contributed by atoms with E-state index in [1.54, 1.807) is 20.3 Å². The van der Waals surface area contributed by atoms with Gasteiger partial charge in [0.15, 0.2) is 5.78 Å². The van der Waals surface area contributed by atoms with Crippen LogP contribution >= 0.6 is 0 Å². The van der Waals surface area contributed by atoms with Crippen LogP contribution < -0.4 is 14.8 Å². The van der Waals surface area contributed by atoms with Crippen LogP contribution in [-0.4, -0.2) is 25.0 Å². The number of benzene rings is 1. The maximum absolute atomic E-state index is 11.8. The van der Waals surface area contributed by atoms with Crippen LogP contribution in [0, 0.1) is 0 Å². The number of rotatable bonds is 8. The summed E-state index contributed by atoms with van der Waals surface area (Å²) in [5.74, 6) is 1.23. The molecule has 0 spiro atoms. The van der Waals surface area contributed by atoms with Gasteiger partial charge in [-0.3, -0.25) is 4.79 Å². The second-order valence-electron chi connectivity index (χ2n) is 5.13. The number of hydrogen-bond donors (Lipinski definition) is 1. The number of pyridine rings is 1. The summed E-state index contributed by atoms with van der Waals surface area (Å²) in [6.45, 7) is 2.58. The molecule has 1 heterocycles. The van der Waals surface area contributed by atoms with Crippen LogP contribution in [0.1, 0.15) is 35.7 Å². The van der Waals surface area contributed by atoms with Crippen molar-refractivity contribution in [2.24, 2.45) is 0 Å². The number of carbonyl (C=O) groups excluding carboxylic acids is 1. The van der Waals surface area contributed by atoms with E-state index in [0.29, 0.717) is 24.7 Å². The summed E-state index contributed by atoms with van der Waals surface area (Å²) in [4.78, 5) is 16.1. The smallest absolute Gasteiger partial charge is 0.221 e. The number of carbonyl (C=O) groups is 1. The number of methoxy groups -OCH3 is 2. The van der Waals surface area contributed by atoms with E-state index in [2.05, 4.69) is 10.3 Å². The maximum atomic E-state index is 11.8. The molecular formula is C18H22N2O3. The molecule has 0 atom stereocenters. The van der Waals surface area contributed by atoms with Gasteiger partial charge in [0.05, 0.1) is 14.2 Å². The molecule has 0 unspecified atom stereocenters. The number of Topliss-reactive ketones (excluding diaryl/α,β-unsaturated/α-hetero) is 1. The fraction of sp³-hybridized carbons (Fsp3) is 0.333. The predicted octanol–water partition coefficient (Wildman–Crippen LogP) is 3.69. The van der Waals surface area contributed by atoms with E-state index >= 15 is 0 Å². The minimum atomic E-state index is 0.181. The van der Waals surface area contributed by atoms with Gasteiger partial charge < -0.3 is 14.8 Å². The summed E-state index contributed by atoms with van der Waals surface area (Å²) in [5, 5.41) is 3.30.